The van der Waals surface area contributed by atoms with E-state index < -0.39 is 0 Å². The highest BCUT2D eigenvalue weighted by Crippen LogP contribution is 2.17. The van der Waals surface area contributed by atoms with Gasteiger partial charge in [-0.25, -0.2) is 0 Å². The average molecular weight is 209 g/mol. The third kappa shape index (κ3) is 3.89. The zero-order valence-electron chi connectivity index (χ0n) is 9.19. The standard InChI is InChI=1S/C11H15NO3/c1-4-14-9(2)12-15-11-7-5-10(13-3)6-8-11/h5-8H,4H2,1-3H3/b12-9-. The Morgan fingerprint density at radius 1 is 1.20 bits per heavy atom. The molecule has 1 aromatic rings. The summed E-state index contributed by atoms with van der Waals surface area (Å²) in [6.07, 6.45) is 0. The second-order valence-electron chi connectivity index (χ2n) is 2.81. The summed E-state index contributed by atoms with van der Waals surface area (Å²) in [5.74, 6) is 1.94. The number of ether oxygens (including phenoxy) is 2. The lowest BCUT2D eigenvalue weighted by atomic mass is 10.3. The van der Waals surface area contributed by atoms with E-state index in [2.05, 4.69) is 5.16 Å². The maximum absolute atomic E-state index is 5.13. The molecule has 0 heterocycles. The van der Waals surface area contributed by atoms with Crippen LogP contribution in [0, 0.1) is 0 Å². The van der Waals surface area contributed by atoms with Gasteiger partial charge in [-0.3, -0.25) is 0 Å². The van der Waals surface area contributed by atoms with Crippen molar-refractivity contribution >= 4 is 5.90 Å². The molecule has 0 spiro atoms. The molecule has 1 rings (SSSR count). The molecule has 0 bridgehead atoms. The smallest absolute Gasteiger partial charge is 0.223 e. The molecule has 0 aromatic heterocycles. The summed E-state index contributed by atoms with van der Waals surface area (Å²) in [7, 11) is 1.62. The van der Waals surface area contributed by atoms with Gasteiger partial charge in [0.2, 0.25) is 5.90 Å². The Labute approximate surface area is 89.4 Å². The summed E-state index contributed by atoms with van der Waals surface area (Å²) in [5.41, 5.74) is 0. The van der Waals surface area contributed by atoms with Gasteiger partial charge in [0.05, 0.1) is 13.7 Å². The third-order valence-electron chi connectivity index (χ3n) is 1.69. The Bertz CT molecular complexity index is 319. The van der Waals surface area contributed by atoms with Crippen LogP contribution in [0.4, 0.5) is 0 Å². The predicted molar refractivity (Wildman–Crippen MR) is 58.4 cm³/mol. The van der Waals surface area contributed by atoms with Gasteiger partial charge in [-0.1, -0.05) is 0 Å². The summed E-state index contributed by atoms with van der Waals surface area (Å²) in [4.78, 5) is 5.13. The summed E-state index contributed by atoms with van der Waals surface area (Å²) < 4.78 is 10.1. The van der Waals surface area contributed by atoms with Gasteiger partial charge >= 0.3 is 0 Å². The normalized spacial score (nSPS) is 11.0. The van der Waals surface area contributed by atoms with E-state index in [1.54, 1.807) is 38.3 Å². The summed E-state index contributed by atoms with van der Waals surface area (Å²) >= 11 is 0. The lowest BCUT2D eigenvalue weighted by Crippen LogP contribution is -2.00. The Morgan fingerprint density at radius 3 is 2.33 bits per heavy atom. The predicted octanol–water partition coefficient (Wildman–Crippen LogP) is 2.44. The lowest BCUT2D eigenvalue weighted by molar-refractivity contribution is 0.275. The monoisotopic (exact) mass is 209 g/mol. The molecule has 82 valence electrons. The van der Waals surface area contributed by atoms with Crippen molar-refractivity contribution in [3.8, 4) is 11.5 Å². The van der Waals surface area contributed by atoms with Crippen LogP contribution in [0.5, 0.6) is 11.5 Å². The Balaban J connectivity index is 2.54. The number of hydrogen-bond donors (Lipinski definition) is 0. The van der Waals surface area contributed by atoms with Crippen LogP contribution in [0.1, 0.15) is 13.8 Å². The molecule has 0 aliphatic carbocycles. The van der Waals surface area contributed by atoms with Gasteiger partial charge in [-0.15, -0.1) is 0 Å². The fourth-order valence-electron chi connectivity index (χ4n) is 0.989. The van der Waals surface area contributed by atoms with Gasteiger partial charge in [-0.2, -0.15) is 0 Å². The molecule has 0 saturated heterocycles. The molecule has 0 aliphatic rings. The second kappa shape index (κ2) is 5.90. The fraction of sp³-hybridized carbons (Fsp3) is 0.364. The minimum atomic E-state index is 0.508. The SMILES string of the molecule is CCO/C(C)=N\Oc1ccc(OC)cc1. The average Bonchev–Trinajstić information content (AvgIpc) is 2.27. The van der Waals surface area contributed by atoms with Gasteiger partial charge in [0.25, 0.3) is 0 Å². The van der Waals surface area contributed by atoms with E-state index in [0.717, 1.165) is 5.75 Å². The molecule has 0 atom stereocenters. The number of nitrogens with zero attached hydrogens (tertiary/aromatic N) is 1. The van der Waals surface area contributed by atoms with Crippen molar-refractivity contribution in [2.24, 2.45) is 5.16 Å². The molecule has 15 heavy (non-hydrogen) atoms. The summed E-state index contributed by atoms with van der Waals surface area (Å²) in [6, 6.07) is 7.17. The zero-order valence-corrected chi connectivity index (χ0v) is 9.19. The molecule has 0 N–H and O–H groups in total. The van der Waals surface area contributed by atoms with Crippen molar-refractivity contribution in [3.05, 3.63) is 24.3 Å². The second-order valence-corrected chi connectivity index (χ2v) is 2.81. The van der Waals surface area contributed by atoms with Crippen LogP contribution in [0.25, 0.3) is 0 Å². The first kappa shape index (κ1) is 11.4. The van der Waals surface area contributed by atoms with Crippen molar-refractivity contribution in [2.75, 3.05) is 13.7 Å². The molecule has 0 radical (unpaired) electrons. The largest absolute Gasteiger partial charge is 0.497 e. The van der Waals surface area contributed by atoms with Crippen molar-refractivity contribution in [2.45, 2.75) is 13.8 Å². The molecule has 1 aromatic carbocycles. The Morgan fingerprint density at radius 2 is 1.80 bits per heavy atom. The molecule has 0 fully saturated rings. The Kier molecular flexibility index (Phi) is 4.47. The van der Waals surface area contributed by atoms with Crippen molar-refractivity contribution in [1.82, 2.24) is 0 Å². The third-order valence-corrected chi connectivity index (χ3v) is 1.69. The fourth-order valence-corrected chi connectivity index (χ4v) is 0.989. The Hall–Kier alpha value is -1.71. The van der Waals surface area contributed by atoms with E-state index in [9.17, 15) is 0 Å². The van der Waals surface area contributed by atoms with E-state index in [1.165, 1.54) is 0 Å². The first-order valence-corrected chi connectivity index (χ1v) is 4.74. The topological polar surface area (TPSA) is 40.0 Å². The highest BCUT2D eigenvalue weighted by Gasteiger charge is 1.95. The van der Waals surface area contributed by atoms with Crippen LogP contribution >= 0.6 is 0 Å². The number of oxime groups is 1. The van der Waals surface area contributed by atoms with E-state index in [4.69, 9.17) is 14.3 Å². The molecule has 4 heteroatoms. The van der Waals surface area contributed by atoms with Crippen molar-refractivity contribution in [3.63, 3.8) is 0 Å². The number of hydrogen-bond acceptors (Lipinski definition) is 4. The van der Waals surface area contributed by atoms with Crippen molar-refractivity contribution < 1.29 is 14.3 Å². The maximum atomic E-state index is 5.13. The van der Waals surface area contributed by atoms with Crippen LogP contribution in [0.15, 0.2) is 29.4 Å². The van der Waals surface area contributed by atoms with Gasteiger partial charge in [-0.05, 0) is 36.3 Å². The van der Waals surface area contributed by atoms with Crippen LogP contribution in [-0.2, 0) is 4.74 Å². The molecule has 0 saturated carbocycles. The van der Waals surface area contributed by atoms with Crippen LogP contribution < -0.4 is 9.57 Å². The van der Waals surface area contributed by atoms with Gasteiger partial charge < -0.3 is 14.3 Å². The zero-order chi connectivity index (χ0) is 11.1. The first-order valence-electron chi connectivity index (χ1n) is 4.74. The first-order chi connectivity index (χ1) is 7.26. The highest BCUT2D eigenvalue weighted by atomic mass is 16.6. The number of methoxy groups -OCH3 is 1. The lowest BCUT2D eigenvalue weighted by Gasteiger charge is -2.03. The quantitative estimate of drug-likeness (QED) is 0.434. The summed E-state index contributed by atoms with van der Waals surface area (Å²) in [5, 5.41) is 3.79. The van der Waals surface area contributed by atoms with Gasteiger partial charge in [0.15, 0.2) is 5.75 Å². The molecule has 0 unspecified atom stereocenters. The molecule has 0 amide bonds. The minimum Gasteiger partial charge on any atom is -0.497 e. The number of benzene rings is 1. The van der Waals surface area contributed by atoms with E-state index >= 15 is 0 Å². The van der Waals surface area contributed by atoms with Gasteiger partial charge in [0, 0.05) is 6.92 Å². The van der Waals surface area contributed by atoms with E-state index in [0.29, 0.717) is 18.3 Å². The van der Waals surface area contributed by atoms with E-state index in [1.807, 2.05) is 6.92 Å². The maximum Gasteiger partial charge on any atom is 0.223 e. The highest BCUT2D eigenvalue weighted by molar-refractivity contribution is 5.72. The molecular formula is C11H15NO3. The van der Waals surface area contributed by atoms with Crippen LogP contribution in [0.2, 0.25) is 0 Å². The van der Waals surface area contributed by atoms with Crippen molar-refractivity contribution in [1.29, 1.82) is 0 Å². The number of rotatable bonds is 4. The van der Waals surface area contributed by atoms with Gasteiger partial charge in [0.1, 0.15) is 5.75 Å². The minimum absolute atomic E-state index is 0.508. The van der Waals surface area contributed by atoms with Crippen LogP contribution in [-0.4, -0.2) is 19.6 Å². The van der Waals surface area contributed by atoms with Crippen LogP contribution in [0.3, 0.4) is 0 Å². The molecule has 0 aliphatic heterocycles. The summed E-state index contributed by atoms with van der Waals surface area (Å²) in [6.45, 7) is 4.22. The molecular weight excluding hydrogens is 194 g/mol. The molecule has 4 nitrogen and oxygen atoms in total. The van der Waals surface area contributed by atoms with E-state index in [-0.39, 0.29) is 0 Å².